The number of anilines is 3. The van der Waals surface area contributed by atoms with Crippen molar-refractivity contribution in [2.24, 2.45) is 10.8 Å². The molecule has 2 aliphatic carbocycles. The van der Waals surface area contributed by atoms with Gasteiger partial charge >= 0.3 is 0 Å². The number of para-hydroxylation sites is 2. The van der Waals surface area contributed by atoms with E-state index in [0.29, 0.717) is 5.92 Å². The second kappa shape index (κ2) is 18.6. The second-order valence-corrected chi connectivity index (χ2v) is 24.4. The SMILES string of the molecule is CC(C)(C)CC(c1ccc(-c2ccc3c(c2)C2(c4ccccc4-3)c3ccccc3-c3ccc(N(c4ccc(-c5ccccc5)cc4)c4cccc(-c5ccc6c7ccccc7n(-c7ccccc7)c6c5)c4)cc32)cc1)C(C)(C)C. The zero-order chi connectivity index (χ0) is 53.6. The summed E-state index contributed by atoms with van der Waals surface area (Å²) in [6.07, 6.45) is 1.14. The zero-order valence-electron chi connectivity index (χ0n) is 46.0. The number of aromatic nitrogens is 1. The minimum atomic E-state index is -0.550. The van der Waals surface area contributed by atoms with Crippen molar-refractivity contribution in [3.63, 3.8) is 0 Å². The average Bonchev–Trinajstić information content (AvgIpc) is 1.97. The smallest absolute Gasteiger partial charge is 0.0726 e. The first-order chi connectivity index (χ1) is 38.4. The van der Waals surface area contributed by atoms with E-state index in [9.17, 15) is 0 Å². The molecule has 0 bridgehead atoms. The van der Waals surface area contributed by atoms with Crippen LogP contribution >= 0.6 is 0 Å². The van der Waals surface area contributed by atoms with E-state index < -0.39 is 5.41 Å². The largest absolute Gasteiger partial charge is 0.310 e. The van der Waals surface area contributed by atoms with Crippen molar-refractivity contribution < 1.29 is 0 Å². The summed E-state index contributed by atoms with van der Waals surface area (Å²) in [7, 11) is 0. The molecule has 79 heavy (non-hydrogen) atoms. The third-order valence-corrected chi connectivity index (χ3v) is 17.2. The van der Waals surface area contributed by atoms with Crippen molar-refractivity contribution in [2.45, 2.75) is 59.3 Å². The first-order valence-electron chi connectivity index (χ1n) is 28.2. The Morgan fingerprint density at radius 3 is 1.53 bits per heavy atom. The van der Waals surface area contributed by atoms with Gasteiger partial charge in [0.05, 0.1) is 16.4 Å². The summed E-state index contributed by atoms with van der Waals surface area (Å²) in [6.45, 7) is 14.3. The Hall–Kier alpha value is -8.98. The number of benzene rings is 11. The van der Waals surface area contributed by atoms with Crippen molar-refractivity contribution in [3.05, 3.63) is 289 Å². The normalized spacial score (nSPS) is 14.8. The molecule has 2 atom stereocenters. The number of nitrogens with zero attached hydrogens (tertiary/aromatic N) is 2. The van der Waals surface area contributed by atoms with Crippen LogP contribution in [0.15, 0.2) is 261 Å². The lowest BCUT2D eigenvalue weighted by molar-refractivity contribution is 0.229. The van der Waals surface area contributed by atoms with Crippen LogP contribution in [-0.4, -0.2) is 4.57 Å². The van der Waals surface area contributed by atoms with E-state index >= 15 is 0 Å². The van der Waals surface area contributed by atoms with Crippen LogP contribution in [0.3, 0.4) is 0 Å². The van der Waals surface area contributed by atoms with Crippen molar-refractivity contribution in [1.82, 2.24) is 4.57 Å². The standard InChI is InChI=1S/C77H64N2/c1-75(2,3)50-72(76(4,5)6)54-34-32-53(33-35-54)56-38-43-64-62-26-13-16-29-68(62)77(70(64)47-56)69-30-17-14-27-63(69)65-45-42-61(49-71(65)77)78(59-40-36-52(37-41-59)51-20-9-7-10-21-51)60-25-19-22-55(46-60)57-39-44-67-66-28-15-18-31-73(66)79(74(67)48-57)58-23-11-8-12-24-58/h7-49,72H,50H2,1-6H3. The van der Waals surface area contributed by atoms with Crippen LogP contribution in [0.2, 0.25) is 0 Å². The van der Waals surface area contributed by atoms with E-state index in [0.717, 1.165) is 34.7 Å². The summed E-state index contributed by atoms with van der Waals surface area (Å²) >= 11 is 0. The third-order valence-electron chi connectivity index (χ3n) is 17.2. The summed E-state index contributed by atoms with van der Waals surface area (Å²) < 4.78 is 2.41. The van der Waals surface area contributed by atoms with Gasteiger partial charge in [-0.3, -0.25) is 0 Å². The lowest BCUT2D eigenvalue weighted by atomic mass is 9.69. The Morgan fingerprint density at radius 2 is 0.835 bits per heavy atom. The summed E-state index contributed by atoms with van der Waals surface area (Å²) in [5.41, 5.74) is 25.7. The minimum Gasteiger partial charge on any atom is -0.310 e. The fraction of sp³-hybridized carbons (Fsp3) is 0.143. The Kier molecular flexibility index (Phi) is 11.4. The Labute approximate surface area is 465 Å². The van der Waals surface area contributed by atoms with Crippen LogP contribution in [0.25, 0.3) is 83.1 Å². The first kappa shape index (κ1) is 48.4. The molecule has 0 fully saturated rings. The Morgan fingerprint density at radius 1 is 0.354 bits per heavy atom. The Balaban J connectivity index is 0.937. The molecule has 0 saturated heterocycles. The highest BCUT2D eigenvalue weighted by molar-refractivity contribution is 6.10. The fourth-order valence-corrected chi connectivity index (χ4v) is 13.6. The molecule has 14 rings (SSSR count). The van der Waals surface area contributed by atoms with Gasteiger partial charge in [0.25, 0.3) is 0 Å². The van der Waals surface area contributed by atoms with E-state index in [1.165, 1.54) is 99.7 Å². The number of hydrogen-bond donors (Lipinski definition) is 0. The maximum Gasteiger partial charge on any atom is 0.0726 e. The molecule has 0 amide bonds. The van der Waals surface area contributed by atoms with Crippen molar-refractivity contribution in [1.29, 1.82) is 0 Å². The van der Waals surface area contributed by atoms with Gasteiger partial charge in [0, 0.05) is 33.5 Å². The highest BCUT2D eigenvalue weighted by atomic mass is 15.1. The van der Waals surface area contributed by atoms with Crippen LogP contribution in [-0.2, 0) is 5.41 Å². The van der Waals surface area contributed by atoms with E-state index in [2.05, 4.69) is 312 Å². The summed E-state index contributed by atoms with van der Waals surface area (Å²) in [5.74, 6) is 0.451. The maximum absolute atomic E-state index is 2.52. The summed E-state index contributed by atoms with van der Waals surface area (Å²) in [6, 6.07) is 97.9. The van der Waals surface area contributed by atoms with Crippen molar-refractivity contribution in [3.8, 4) is 61.3 Å². The minimum absolute atomic E-state index is 0.146. The van der Waals surface area contributed by atoms with Gasteiger partial charge in [-0.05, 0) is 173 Å². The molecule has 2 unspecified atom stereocenters. The molecule has 12 aromatic rings. The van der Waals surface area contributed by atoms with Crippen LogP contribution in [0.1, 0.15) is 81.7 Å². The van der Waals surface area contributed by atoms with Gasteiger partial charge in [0.2, 0.25) is 0 Å². The molecule has 2 aliphatic rings. The van der Waals surface area contributed by atoms with Crippen LogP contribution in [0.5, 0.6) is 0 Å². The highest BCUT2D eigenvalue weighted by Gasteiger charge is 2.52. The van der Waals surface area contributed by atoms with Gasteiger partial charge in [-0.1, -0.05) is 236 Å². The molecular weight excluding hydrogens is 953 g/mol. The number of fused-ring (bicyclic) bond motifs is 13. The number of rotatable bonds is 9. The van der Waals surface area contributed by atoms with E-state index in [1.54, 1.807) is 0 Å². The lowest BCUT2D eigenvalue weighted by Gasteiger charge is -2.36. The van der Waals surface area contributed by atoms with Crippen LogP contribution < -0.4 is 4.90 Å². The molecule has 0 radical (unpaired) electrons. The van der Waals surface area contributed by atoms with Crippen molar-refractivity contribution in [2.75, 3.05) is 4.90 Å². The van der Waals surface area contributed by atoms with Gasteiger partial charge < -0.3 is 9.47 Å². The summed E-state index contributed by atoms with van der Waals surface area (Å²) in [4.78, 5) is 2.47. The molecule has 0 saturated carbocycles. The zero-order valence-corrected chi connectivity index (χ0v) is 46.0. The van der Waals surface area contributed by atoms with Gasteiger partial charge in [-0.2, -0.15) is 0 Å². The molecule has 2 heteroatoms. The van der Waals surface area contributed by atoms with Gasteiger partial charge in [-0.25, -0.2) is 0 Å². The van der Waals surface area contributed by atoms with Crippen LogP contribution in [0.4, 0.5) is 17.1 Å². The molecule has 382 valence electrons. The van der Waals surface area contributed by atoms with E-state index in [-0.39, 0.29) is 10.8 Å². The fourth-order valence-electron chi connectivity index (χ4n) is 13.6. The van der Waals surface area contributed by atoms with E-state index in [4.69, 9.17) is 0 Å². The number of hydrogen-bond acceptors (Lipinski definition) is 1. The summed E-state index contributed by atoms with van der Waals surface area (Å²) in [5, 5.41) is 2.50. The van der Waals surface area contributed by atoms with Gasteiger partial charge in [0.1, 0.15) is 0 Å². The average molecular weight is 1020 g/mol. The predicted octanol–water partition coefficient (Wildman–Crippen LogP) is 21.2. The molecule has 0 aliphatic heterocycles. The Bertz CT molecular complexity index is 4270. The highest BCUT2D eigenvalue weighted by Crippen LogP contribution is 2.64. The molecule has 1 spiro atoms. The molecular formula is C77H64N2. The van der Waals surface area contributed by atoms with E-state index in [1.807, 2.05) is 0 Å². The molecule has 2 nitrogen and oxygen atoms in total. The van der Waals surface area contributed by atoms with Crippen LogP contribution in [0, 0.1) is 10.8 Å². The molecule has 11 aromatic carbocycles. The predicted molar refractivity (Wildman–Crippen MR) is 334 cm³/mol. The third kappa shape index (κ3) is 8.07. The quantitative estimate of drug-likeness (QED) is 0.140. The lowest BCUT2D eigenvalue weighted by Crippen LogP contribution is -2.26. The maximum atomic E-state index is 2.52. The van der Waals surface area contributed by atoms with Crippen molar-refractivity contribution >= 4 is 38.9 Å². The monoisotopic (exact) mass is 1020 g/mol. The topological polar surface area (TPSA) is 8.17 Å². The first-order valence-corrected chi connectivity index (χ1v) is 28.2. The second-order valence-electron chi connectivity index (χ2n) is 24.4. The van der Waals surface area contributed by atoms with Gasteiger partial charge in [0.15, 0.2) is 0 Å². The molecule has 1 aromatic heterocycles. The molecule has 1 heterocycles. The van der Waals surface area contributed by atoms with Gasteiger partial charge in [-0.15, -0.1) is 0 Å². The molecule has 0 N–H and O–H groups in total.